The van der Waals surface area contributed by atoms with Crippen LogP contribution in [0.25, 0.3) is 0 Å². The Morgan fingerprint density at radius 3 is 2.62 bits per heavy atom. The molecule has 1 aliphatic heterocycles. The van der Waals surface area contributed by atoms with Crippen molar-refractivity contribution in [3.05, 3.63) is 35.0 Å². The summed E-state index contributed by atoms with van der Waals surface area (Å²) < 4.78 is 19.2. The number of allylic oxidation sites excluding steroid dienone is 1. The summed E-state index contributed by atoms with van der Waals surface area (Å²) in [5.74, 6) is 2.51. The fourth-order valence-corrected chi connectivity index (χ4v) is 4.32. The Bertz CT molecular complexity index is 1000. The molecule has 1 aromatic heterocycles. The minimum absolute atomic E-state index is 0.359. The van der Waals surface area contributed by atoms with E-state index in [-0.39, 0.29) is 5.97 Å². The van der Waals surface area contributed by atoms with Crippen molar-refractivity contribution < 1.29 is 19.0 Å². The van der Waals surface area contributed by atoms with E-state index >= 15 is 0 Å². The topological polar surface area (TPSA) is 87.5 Å². The van der Waals surface area contributed by atoms with E-state index in [0.29, 0.717) is 53.7 Å². The molecule has 1 aromatic carbocycles. The summed E-state index contributed by atoms with van der Waals surface area (Å²) in [6, 6.07) is 5.31. The molecule has 186 valence electrons. The second-order valence-electron chi connectivity index (χ2n) is 8.05. The number of rotatable bonds is 13. The zero-order valence-electron chi connectivity index (χ0n) is 20.8. The van der Waals surface area contributed by atoms with Gasteiger partial charge in [0.15, 0.2) is 11.5 Å². The van der Waals surface area contributed by atoms with E-state index in [2.05, 4.69) is 24.1 Å². The van der Waals surface area contributed by atoms with Crippen LogP contribution in [-0.4, -0.2) is 46.3 Å². The summed E-state index contributed by atoms with van der Waals surface area (Å²) in [4.78, 5) is 17.8. The van der Waals surface area contributed by atoms with Gasteiger partial charge in [0.05, 0.1) is 25.4 Å². The van der Waals surface area contributed by atoms with Gasteiger partial charge in [-0.1, -0.05) is 45.0 Å². The molecule has 0 bridgehead atoms. The number of benzene rings is 1. The molecule has 1 aliphatic rings. The van der Waals surface area contributed by atoms with Crippen LogP contribution in [0, 0.1) is 0 Å². The Labute approximate surface area is 206 Å². The Hall–Kier alpha value is -2.68. The molecule has 2 aromatic rings. The van der Waals surface area contributed by atoms with Crippen LogP contribution < -0.4 is 14.8 Å². The summed E-state index contributed by atoms with van der Waals surface area (Å²) >= 11 is 1.60. The van der Waals surface area contributed by atoms with Crippen LogP contribution in [0.1, 0.15) is 71.9 Å². The maximum atomic E-state index is 13.1. The van der Waals surface area contributed by atoms with Gasteiger partial charge in [-0.2, -0.15) is 4.98 Å². The number of nitrogens with one attached hydrogen (secondary N) is 1. The molecule has 0 radical (unpaired) electrons. The number of unbranched alkanes of at least 4 members (excludes halogenated alkanes) is 1. The van der Waals surface area contributed by atoms with Crippen molar-refractivity contribution in [3.8, 4) is 11.5 Å². The quantitative estimate of drug-likeness (QED) is 0.221. The average molecular weight is 489 g/mol. The predicted molar refractivity (Wildman–Crippen MR) is 135 cm³/mol. The lowest BCUT2D eigenvalue weighted by Gasteiger charge is -2.28. The van der Waals surface area contributed by atoms with Crippen LogP contribution in [0.3, 0.4) is 0 Å². The maximum Gasteiger partial charge on any atom is 0.338 e. The van der Waals surface area contributed by atoms with Gasteiger partial charge in [0.25, 0.3) is 0 Å². The first-order valence-corrected chi connectivity index (χ1v) is 13.2. The lowest BCUT2D eigenvalue weighted by molar-refractivity contribution is -0.139. The molecule has 1 atom stereocenters. The van der Waals surface area contributed by atoms with Crippen LogP contribution in [-0.2, 0) is 9.53 Å². The second kappa shape index (κ2) is 12.7. The van der Waals surface area contributed by atoms with Gasteiger partial charge in [0.1, 0.15) is 6.04 Å². The number of esters is 1. The predicted octanol–water partition coefficient (Wildman–Crippen LogP) is 5.60. The third kappa shape index (κ3) is 6.05. The number of nitrogens with zero attached hydrogens (tertiary/aromatic N) is 3. The highest BCUT2D eigenvalue weighted by Gasteiger charge is 2.35. The molecule has 1 unspecified atom stereocenters. The Balaban J connectivity index is 2.06. The van der Waals surface area contributed by atoms with Gasteiger partial charge in [0.2, 0.25) is 11.1 Å². The summed E-state index contributed by atoms with van der Waals surface area (Å²) in [5.41, 5.74) is 2.08. The van der Waals surface area contributed by atoms with E-state index in [1.807, 2.05) is 39.0 Å². The average Bonchev–Trinajstić information content (AvgIpc) is 3.23. The van der Waals surface area contributed by atoms with Gasteiger partial charge >= 0.3 is 5.97 Å². The summed E-state index contributed by atoms with van der Waals surface area (Å²) in [6.07, 6.45) is 3.80. The monoisotopic (exact) mass is 488 g/mol. The van der Waals surface area contributed by atoms with Crippen molar-refractivity contribution in [3.63, 3.8) is 0 Å². The molecule has 0 spiro atoms. The molecule has 3 rings (SSSR count). The zero-order valence-corrected chi connectivity index (χ0v) is 21.7. The number of hydrogen-bond donors (Lipinski definition) is 1. The number of aromatic nitrogens is 3. The highest BCUT2D eigenvalue weighted by molar-refractivity contribution is 7.99. The molecule has 0 saturated heterocycles. The van der Waals surface area contributed by atoms with E-state index in [1.165, 1.54) is 0 Å². The highest BCUT2D eigenvalue weighted by atomic mass is 32.2. The molecule has 2 heterocycles. The number of carbonyl (C=O) groups excluding carboxylic acids is 1. The Morgan fingerprint density at radius 1 is 1.09 bits per heavy atom. The van der Waals surface area contributed by atoms with E-state index < -0.39 is 6.04 Å². The minimum atomic E-state index is -0.493. The van der Waals surface area contributed by atoms with Gasteiger partial charge < -0.3 is 19.5 Å². The van der Waals surface area contributed by atoms with Gasteiger partial charge in [-0.15, -0.1) is 5.10 Å². The molecule has 0 saturated carbocycles. The largest absolute Gasteiger partial charge is 0.490 e. The number of thioether (sulfide) groups is 1. The first kappa shape index (κ1) is 25.9. The van der Waals surface area contributed by atoms with Gasteiger partial charge in [-0.25, -0.2) is 9.48 Å². The van der Waals surface area contributed by atoms with Gasteiger partial charge in [0, 0.05) is 11.4 Å². The first-order chi connectivity index (χ1) is 16.5. The molecule has 0 amide bonds. The van der Waals surface area contributed by atoms with Crippen LogP contribution >= 0.6 is 11.8 Å². The fourth-order valence-electron chi connectivity index (χ4n) is 3.64. The van der Waals surface area contributed by atoms with Crippen molar-refractivity contribution in [2.24, 2.45) is 0 Å². The molecular formula is C25H36N4O4S. The summed E-state index contributed by atoms with van der Waals surface area (Å²) in [6.45, 7) is 11.5. The molecule has 0 aliphatic carbocycles. The van der Waals surface area contributed by atoms with Gasteiger partial charge in [-0.05, 0) is 50.8 Å². The third-order valence-electron chi connectivity index (χ3n) is 5.26. The van der Waals surface area contributed by atoms with Crippen molar-refractivity contribution in [1.82, 2.24) is 14.8 Å². The summed E-state index contributed by atoms with van der Waals surface area (Å²) in [5, 5.41) is 8.67. The lowest BCUT2D eigenvalue weighted by atomic mass is 9.95. The first-order valence-electron chi connectivity index (χ1n) is 12.2. The van der Waals surface area contributed by atoms with E-state index in [1.54, 1.807) is 16.4 Å². The van der Waals surface area contributed by atoms with Gasteiger partial charge in [-0.3, -0.25) is 0 Å². The van der Waals surface area contributed by atoms with Crippen LogP contribution in [0.15, 0.2) is 34.6 Å². The summed E-state index contributed by atoms with van der Waals surface area (Å²) in [7, 11) is 0. The number of carbonyl (C=O) groups is 1. The van der Waals surface area contributed by atoms with Crippen LogP contribution in [0.5, 0.6) is 11.5 Å². The standard InChI is InChI=1S/C25H36N4O4S/c1-6-10-14-32-19-12-11-18(16-20(19)31-9-4)22-21(23(30)33-13-7-2)17(5)26-24-27-25(28-29(22)24)34-15-8-3/h11-12,16,22H,6-10,13-15H2,1-5H3,(H,26,27,28). The number of hydrogen-bond acceptors (Lipinski definition) is 8. The minimum Gasteiger partial charge on any atom is -0.490 e. The maximum absolute atomic E-state index is 13.1. The SMILES string of the molecule is CCCCOc1ccc(C2C(C(=O)OCCC)=C(C)Nc3nc(SCCC)nn32)cc1OCC. The zero-order chi connectivity index (χ0) is 24.5. The van der Waals surface area contributed by atoms with Crippen molar-refractivity contribution in [2.45, 2.75) is 71.5 Å². The van der Waals surface area contributed by atoms with Crippen molar-refractivity contribution >= 4 is 23.7 Å². The van der Waals surface area contributed by atoms with E-state index in [4.69, 9.17) is 19.3 Å². The highest BCUT2D eigenvalue weighted by Crippen LogP contribution is 2.40. The Kier molecular flexibility index (Phi) is 9.68. The van der Waals surface area contributed by atoms with Crippen LogP contribution in [0.2, 0.25) is 0 Å². The third-order valence-corrected chi connectivity index (χ3v) is 6.31. The second-order valence-corrected chi connectivity index (χ2v) is 9.12. The fraction of sp³-hybridized carbons (Fsp3) is 0.560. The molecular weight excluding hydrogens is 452 g/mol. The normalized spacial score (nSPS) is 15.0. The lowest BCUT2D eigenvalue weighted by Crippen LogP contribution is -2.29. The van der Waals surface area contributed by atoms with Crippen molar-refractivity contribution in [2.75, 3.05) is 30.9 Å². The Morgan fingerprint density at radius 2 is 1.91 bits per heavy atom. The molecule has 8 nitrogen and oxygen atoms in total. The molecule has 1 N–H and O–H groups in total. The van der Waals surface area contributed by atoms with E-state index in [0.717, 1.165) is 37.0 Å². The number of fused-ring (bicyclic) bond motifs is 1. The molecule has 34 heavy (non-hydrogen) atoms. The molecule has 0 fully saturated rings. The van der Waals surface area contributed by atoms with Crippen LogP contribution in [0.4, 0.5) is 5.95 Å². The number of ether oxygens (including phenoxy) is 3. The smallest absolute Gasteiger partial charge is 0.338 e. The van der Waals surface area contributed by atoms with E-state index in [9.17, 15) is 4.79 Å². The van der Waals surface area contributed by atoms with Crippen molar-refractivity contribution in [1.29, 1.82) is 0 Å². The number of anilines is 1. The molecule has 9 heteroatoms.